The van der Waals surface area contributed by atoms with E-state index in [9.17, 15) is 4.79 Å². The van der Waals surface area contributed by atoms with Gasteiger partial charge in [0.05, 0.1) is 6.10 Å². The molecule has 0 heterocycles. The van der Waals surface area contributed by atoms with Gasteiger partial charge in [0.1, 0.15) is 6.61 Å². The highest BCUT2D eigenvalue weighted by Crippen LogP contribution is 2.26. The smallest absolute Gasteiger partial charge is 0.246 e. The van der Waals surface area contributed by atoms with Crippen LogP contribution in [0.15, 0.2) is 0 Å². The second-order valence-corrected chi connectivity index (χ2v) is 6.89. The normalized spacial score (nSPS) is 23.6. The monoisotopic (exact) mass is 285 g/mol. The molecule has 0 spiro atoms. The lowest BCUT2D eigenvalue weighted by atomic mass is 9.88. The average molecular weight is 285 g/mol. The van der Waals surface area contributed by atoms with Crippen LogP contribution in [0.1, 0.15) is 59.3 Å². The molecule has 0 aromatic heterocycles. The molecule has 2 N–H and O–H groups in total. The van der Waals surface area contributed by atoms with Crippen molar-refractivity contribution in [3.8, 4) is 0 Å². The molecular weight excluding hydrogens is 254 g/mol. The van der Waals surface area contributed by atoms with Crippen molar-refractivity contribution >= 4 is 5.91 Å². The Morgan fingerprint density at radius 2 is 2.05 bits per heavy atom. The van der Waals surface area contributed by atoms with E-state index in [1.165, 1.54) is 19.3 Å². The summed E-state index contributed by atoms with van der Waals surface area (Å²) < 4.78 is 5.72. The Labute approximate surface area is 123 Å². The summed E-state index contributed by atoms with van der Waals surface area (Å²) in [5.41, 5.74) is -0.0568. The third kappa shape index (κ3) is 6.71. The summed E-state index contributed by atoms with van der Waals surface area (Å²) in [5, 5.41) is 12.0. The molecule has 0 radical (unpaired) electrons. The van der Waals surface area contributed by atoms with Crippen molar-refractivity contribution in [3.05, 3.63) is 0 Å². The molecule has 0 aliphatic heterocycles. The fourth-order valence-electron chi connectivity index (χ4n) is 2.64. The lowest BCUT2D eigenvalue weighted by Gasteiger charge is -2.28. The summed E-state index contributed by atoms with van der Waals surface area (Å²) in [6, 6.07) is 0. The first-order valence-electron chi connectivity index (χ1n) is 7.94. The second-order valence-electron chi connectivity index (χ2n) is 6.89. The summed E-state index contributed by atoms with van der Waals surface area (Å²) in [6.45, 7) is 7.29. The fraction of sp³-hybridized carbons (Fsp3) is 0.938. The number of hydrogen-bond acceptors (Lipinski definition) is 3. The Morgan fingerprint density at radius 1 is 1.35 bits per heavy atom. The van der Waals surface area contributed by atoms with E-state index in [4.69, 9.17) is 9.84 Å². The number of aliphatic hydroxyl groups excluding tert-OH is 1. The van der Waals surface area contributed by atoms with Crippen LogP contribution < -0.4 is 5.32 Å². The minimum Gasteiger partial charge on any atom is -0.396 e. The van der Waals surface area contributed by atoms with Gasteiger partial charge in [-0.1, -0.05) is 33.6 Å². The topological polar surface area (TPSA) is 58.6 Å². The van der Waals surface area contributed by atoms with Gasteiger partial charge in [-0.2, -0.15) is 0 Å². The zero-order chi connectivity index (χ0) is 15.0. The van der Waals surface area contributed by atoms with E-state index < -0.39 is 0 Å². The van der Waals surface area contributed by atoms with Crippen molar-refractivity contribution in [2.24, 2.45) is 11.3 Å². The number of rotatable bonds is 8. The lowest BCUT2D eigenvalue weighted by molar-refractivity contribution is -0.129. The van der Waals surface area contributed by atoms with Gasteiger partial charge in [0.2, 0.25) is 5.91 Å². The van der Waals surface area contributed by atoms with Gasteiger partial charge in [0.25, 0.3) is 0 Å². The van der Waals surface area contributed by atoms with Crippen molar-refractivity contribution in [1.29, 1.82) is 0 Å². The quantitative estimate of drug-likeness (QED) is 0.674. The molecule has 0 bridgehead atoms. The first kappa shape index (κ1) is 17.4. The molecule has 1 aliphatic carbocycles. The molecule has 1 fully saturated rings. The molecule has 4 nitrogen and oxygen atoms in total. The molecule has 0 aromatic carbocycles. The Bertz CT molecular complexity index is 291. The number of amides is 1. The molecule has 1 rings (SSSR count). The van der Waals surface area contributed by atoms with Crippen LogP contribution in [0.2, 0.25) is 0 Å². The Morgan fingerprint density at radius 3 is 2.70 bits per heavy atom. The maximum absolute atomic E-state index is 11.7. The lowest BCUT2D eigenvalue weighted by Crippen LogP contribution is -2.34. The number of nitrogens with one attached hydrogen (secondary N) is 1. The predicted molar refractivity (Wildman–Crippen MR) is 80.5 cm³/mol. The molecule has 0 saturated heterocycles. The summed E-state index contributed by atoms with van der Waals surface area (Å²) in [4.78, 5) is 11.7. The van der Waals surface area contributed by atoms with Crippen LogP contribution in [0.3, 0.4) is 0 Å². The van der Waals surface area contributed by atoms with E-state index in [0.717, 1.165) is 19.3 Å². The number of carbonyl (C=O) groups excluding carboxylic acids is 1. The minimum absolute atomic E-state index is 0.0235. The molecule has 1 amide bonds. The maximum atomic E-state index is 11.7. The van der Waals surface area contributed by atoms with Crippen LogP contribution in [0.5, 0.6) is 0 Å². The van der Waals surface area contributed by atoms with E-state index in [0.29, 0.717) is 12.5 Å². The molecular formula is C16H31NO3. The Balaban J connectivity index is 2.08. The largest absolute Gasteiger partial charge is 0.396 e. The van der Waals surface area contributed by atoms with Crippen LogP contribution in [0.25, 0.3) is 0 Å². The second kappa shape index (κ2) is 8.63. The van der Waals surface area contributed by atoms with E-state index in [-0.39, 0.29) is 30.6 Å². The third-order valence-electron chi connectivity index (χ3n) is 4.24. The number of aliphatic hydroxyl groups is 1. The number of ether oxygens (including phenoxy) is 1. The summed E-state index contributed by atoms with van der Waals surface area (Å²) in [7, 11) is 0. The molecule has 0 aromatic rings. The van der Waals surface area contributed by atoms with E-state index in [2.05, 4.69) is 12.2 Å². The Hall–Kier alpha value is -0.610. The molecule has 20 heavy (non-hydrogen) atoms. The molecule has 2 unspecified atom stereocenters. The molecule has 1 saturated carbocycles. The number of hydrogen-bond donors (Lipinski definition) is 2. The average Bonchev–Trinajstić information content (AvgIpc) is 2.43. The maximum Gasteiger partial charge on any atom is 0.246 e. The van der Waals surface area contributed by atoms with E-state index in [1.807, 2.05) is 13.8 Å². The SMILES string of the molecule is CC1CCCCC1OCC(=O)NCCCC(C)(C)CO. The predicted octanol–water partition coefficient (Wildman–Crippen LogP) is 2.50. The van der Waals surface area contributed by atoms with Crippen molar-refractivity contribution in [2.75, 3.05) is 19.8 Å². The Kier molecular flexibility index (Phi) is 7.52. The first-order chi connectivity index (χ1) is 9.44. The van der Waals surface area contributed by atoms with Gasteiger partial charge >= 0.3 is 0 Å². The zero-order valence-electron chi connectivity index (χ0n) is 13.3. The standard InChI is InChI=1S/C16H31NO3/c1-13-7-4-5-8-14(13)20-11-15(19)17-10-6-9-16(2,3)12-18/h13-14,18H,4-12H2,1-3H3,(H,17,19). The van der Waals surface area contributed by atoms with Crippen LogP contribution >= 0.6 is 0 Å². The number of carbonyl (C=O) groups is 1. The summed E-state index contributed by atoms with van der Waals surface area (Å²) in [6.07, 6.45) is 6.84. The first-order valence-corrected chi connectivity index (χ1v) is 7.94. The van der Waals surface area contributed by atoms with E-state index >= 15 is 0 Å². The van der Waals surface area contributed by atoms with Gasteiger partial charge in [-0.15, -0.1) is 0 Å². The van der Waals surface area contributed by atoms with Crippen LogP contribution in [0, 0.1) is 11.3 Å². The molecule has 118 valence electrons. The fourth-order valence-corrected chi connectivity index (χ4v) is 2.64. The molecule has 1 aliphatic rings. The van der Waals surface area contributed by atoms with Crippen LogP contribution in [0.4, 0.5) is 0 Å². The van der Waals surface area contributed by atoms with Crippen LogP contribution in [-0.4, -0.2) is 36.9 Å². The highest BCUT2D eigenvalue weighted by molar-refractivity contribution is 5.77. The van der Waals surface area contributed by atoms with Gasteiger partial charge in [-0.25, -0.2) is 0 Å². The van der Waals surface area contributed by atoms with Gasteiger partial charge in [0.15, 0.2) is 0 Å². The van der Waals surface area contributed by atoms with Crippen molar-refractivity contribution in [2.45, 2.75) is 65.4 Å². The van der Waals surface area contributed by atoms with Gasteiger partial charge in [-0.3, -0.25) is 4.79 Å². The van der Waals surface area contributed by atoms with Gasteiger partial charge in [0, 0.05) is 13.2 Å². The van der Waals surface area contributed by atoms with E-state index in [1.54, 1.807) is 0 Å². The minimum atomic E-state index is -0.0568. The summed E-state index contributed by atoms with van der Waals surface area (Å²) in [5.74, 6) is 0.548. The molecule has 4 heteroatoms. The highest BCUT2D eigenvalue weighted by Gasteiger charge is 2.22. The molecule has 2 atom stereocenters. The zero-order valence-corrected chi connectivity index (χ0v) is 13.3. The van der Waals surface area contributed by atoms with Gasteiger partial charge in [-0.05, 0) is 37.0 Å². The van der Waals surface area contributed by atoms with Crippen molar-refractivity contribution in [3.63, 3.8) is 0 Å². The third-order valence-corrected chi connectivity index (χ3v) is 4.24. The van der Waals surface area contributed by atoms with Gasteiger partial charge < -0.3 is 15.2 Å². The summed E-state index contributed by atoms with van der Waals surface area (Å²) >= 11 is 0. The van der Waals surface area contributed by atoms with Crippen LogP contribution in [-0.2, 0) is 9.53 Å². The highest BCUT2D eigenvalue weighted by atomic mass is 16.5. The van der Waals surface area contributed by atoms with Crippen molar-refractivity contribution < 1.29 is 14.6 Å². The van der Waals surface area contributed by atoms with Crippen molar-refractivity contribution in [1.82, 2.24) is 5.32 Å².